The Balaban J connectivity index is 1.74. The van der Waals surface area contributed by atoms with E-state index in [1.54, 1.807) is 27.8 Å². The average molecular weight is 289 g/mol. The fourth-order valence-electron chi connectivity index (χ4n) is 5.08. The Labute approximate surface area is 133 Å². The molecule has 2 heterocycles. The molecule has 0 radical (unpaired) electrons. The molecular formula is C21H23N. The van der Waals surface area contributed by atoms with Gasteiger partial charge in [0, 0.05) is 18.5 Å². The molecule has 1 saturated heterocycles. The number of rotatable bonds is 0. The van der Waals surface area contributed by atoms with Gasteiger partial charge in [0.2, 0.25) is 0 Å². The molecule has 0 unspecified atom stereocenters. The van der Waals surface area contributed by atoms with Crippen molar-refractivity contribution in [2.75, 3.05) is 13.1 Å². The molecule has 2 atom stereocenters. The monoisotopic (exact) mass is 289 g/mol. The van der Waals surface area contributed by atoms with Crippen LogP contribution in [-0.4, -0.2) is 18.0 Å². The van der Waals surface area contributed by atoms with Gasteiger partial charge >= 0.3 is 0 Å². The van der Waals surface area contributed by atoms with Gasteiger partial charge in [-0.3, -0.25) is 4.90 Å². The van der Waals surface area contributed by atoms with Crippen LogP contribution in [0.2, 0.25) is 0 Å². The first-order chi connectivity index (χ1) is 10.9. The molecule has 2 aliphatic heterocycles. The highest BCUT2D eigenvalue weighted by Crippen LogP contribution is 2.46. The molecule has 112 valence electrons. The lowest BCUT2D eigenvalue weighted by atomic mass is 9.77. The zero-order valence-electron chi connectivity index (χ0n) is 13.1. The van der Waals surface area contributed by atoms with E-state index in [0.717, 1.165) is 0 Å². The minimum Gasteiger partial charge on any atom is -0.295 e. The third-order valence-electron chi connectivity index (χ3n) is 6.06. The number of nitrogens with zero attached hydrogens (tertiary/aromatic N) is 1. The molecule has 1 fully saturated rings. The van der Waals surface area contributed by atoms with Crippen molar-refractivity contribution in [3.63, 3.8) is 0 Å². The number of aryl methyl sites for hydroxylation is 2. The molecule has 0 bridgehead atoms. The normalized spacial score (nSPS) is 26.5. The topological polar surface area (TPSA) is 3.24 Å². The first-order valence-corrected chi connectivity index (χ1v) is 8.85. The summed E-state index contributed by atoms with van der Waals surface area (Å²) in [5.41, 5.74) is 8.12. The summed E-state index contributed by atoms with van der Waals surface area (Å²) in [5, 5.41) is 0. The molecule has 3 aliphatic rings. The highest BCUT2D eigenvalue weighted by molar-refractivity contribution is 5.51. The Hall–Kier alpha value is -1.60. The zero-order valence-corrected chi connectivity index (χ0v) is 13.1. The molecule has 0 amide bonds. The number of hydrogen-bond acceptors (Lipinski definition) is 1. The van der Waals surface area contributed by atoms with Crippen LogP contribution < -0.4 is 0 Å². The Kier molecular flexibility index (Phi) is 2.91. The fraction of sp³-hybridized carbons (Fsp3) is 0.429. The maximum absolute atomic E-state index is 2.77. The third-order valence-corrected chi connectivity index (χ3v) is 6.06. The Bertz CT molecular complexity index is 718. The van der Waals surface area contributed by atoms with Gasteiger partial charge in [-0.15, -0.1) is 0 Å². The van der Waals surface area contributed by atoms with Gasteiger partial charge in [0.05, 0.1) is 0 Å². The molecule has 2 aromatic rings. The lowest BCUT2D eigenvalue weighted by molar-refractivity contribution is 0.130. The second-order valence-corrected chi connectivity index (χ2v) is 7.18. The summed E-state index contributed by atoms with van der Waals surface area (Å²) in [7, 11) is 0. The lowest BCUT2D eigenvalue weighted by Gasteiger charge is -2.44. The van der Waals surface area contributed by atoms with E-state index in [4.69, 9.17) is 0 Å². The Morgan fingerprint density at radius 3 is 2.64 bits per heavy atom. The molecule has 0 aromatic heterocycles. The predicted octanol–water partition coefficient (Wildman–Crippen LogP) is 4.46. The van der Waals surface area contributed by atoms with E-state index in [2.05, 4.69) is 47.4 Å². The Morgan fingerprint density at radius 1 is 0.818 bits per heavy atom. The van der Waals surface area contributed by atoms with Crippen LogP contribution in [0.1, 0.15) is 59.0 Å². The van der Waals surface area contributed by atoms with Gasteiger partial charge in [0.1, 0.15) is 0 Å². The Morgan fingerprint density at radius 2 is 1.64 bits per heavy atom. The maximum atomic E-state index is 2.77. The van der Waals surface area contributed by atoms with E-state index >= 15 is 0 Å². The first kappa shape index (κ1) is 12.9. The smallest absolute Gasteiger partial charge is 0.0351 e. The summed E-state index contributed by atoms with van der Waals surface area (Å²) < 4.78 is 0. The standard InChI is InChI=1S/C21H23N/c1-2-8-17-15(6-1)11-12-16-7-5-9-18-20-10-3-4-13-22(20)14-19(17)21(16)18/h1-2,5-9,19-20H,3-4,10-14H2/t19-,20+/m0/s1. The minimum atomic E-state index is 0.597. The van der Waals surface area contributed by atoms with Crippen LogP contribution in [0.15, 0.2) is 42.5 Å². The summed E-state index contributed by atoms with van der Waals surface area (Å²) in [6, 6.07) is 17.0. The summed E-state index contributed by atoms with van der Waals surface area (Å²) in [6.07, 6.45) is 6.54. The highest BCUT2D eigenvalue weighted by atomic mass is 15.2. The van der Waals surface area contributed by atoms with Crippen LogP contribution in [0, 0.1) is 0 Å². The van der Waals surface area contributed by atoms with Gasteiger partial charge in [-0.1, -0.05) is 48.9 Å². The van der Waals surface area contributed by atoms with E-state index in [-0.39, 0.29) is 0 Å². The second kappa shape index (κ2) is 4.96. The zero-order chi connectivity index (χ0) is 14.5. The molecule has 0 saturated carbocycles. The maximum Gasteiger partial charge on any atom is 0.0351 e. The number of fused-ring (bicyclic) bond motifs is 4. The van der Waals surface area contributed by atoms with Crippen LogP contribution >= 0.6 is 0 Å². The van der Waals surface area contributed by atoms with Crippen LogP contribution in [0.3, 0.4) is 0 Å². The molecule has 0 spiro atoms. The van der Waals surface area contributed by atoms with Gasteiger partial charge < -0.3 is 0 Å². The van der Waals surface area contributed by atoms with Gasteiger partial charge in [0.25, 0.3) is 0 Å². The SMILES string of the molecule is c1ccc2c(c1)CCc1cccc3c1[C@H]2CN1CCCC[C@H]31. The average Bonchev–Trinajstić information content (AvgIpc) is 2.74. The molecule has 1 aliphatic carbocycles. The second-order valence-electron chi connectivity index (χ2n) is 7.18. The quantitative estimate of drug-likeness (QED) is 0.692. The van der Waals surface area contributed by atoms with Crippen LogP contribution in [0.5, 0.6) is 0 Å². The molecule has 1 heteroatoms. The van der Waals surface area contributed by atoms with Crippen LogP contribution in [-0.2, 0) is 12.8 Å². The minimum absolute atomic E-state index is 0.597. The third kappa shape index (κ3) is 1.82. The first-order valence-electron chi connectivity index (χ1n) is 8.85. The number of hydrogen-bond donors (Lipinski definition) is 0. The van der Waals surface area contributed by atoms with Gasteiger partial charge in [0.15, 0.2) is 0 Å². The van der Waals surface area contributed by atoms with Crippen molar-refractivity contribution < 1.29 is 0 Å². The molecule has 0 N–H and O–H groups in total. The van der Waals surface area contributed by atoms with Crippen molar-refractivity contribution in [2.24, 2.45) is 0 Å². The lowest BCUT2D eigenvalue weighted by Crippen LogP contribution is -2.41. The van der Waals surface area contributed by atoms with E-state index in [0.29, 0.717) is 12.0 Å². The molecule has 2 aromatic carbocycles. The molecule has 5 rings (SSSR count). The summed E-state index contributed by atoms with van der Waals surface area (Å²) in [4.78, 5) is 2.77. The van der Waals surface area contributed by atoms with Crippen molar-refractivity contribution >= 4 is 0 Å². The van der Waals surface area contributed by atoms with Gasteiger partial charge in [-0.25, -0.2) is 0 Å². The van der Waals surface area contributed by atoms with Crippen molar-refractivity contribution in [3.8, 4) is 0 Å². The summed E-state index contributed by atoms with van der Waals surface area (Å²) in [5.74, 6) is 0.597. The van der Waals surface area contributed by atoms with Crippen LogP contribution in [0.25, 0.3) is 0 Å². The van der Waals surface area contributed by atoms with Gasteiger partial charge in [-0.05, 0) is 60.0 Å². The number of benzene rings is 2. The van der Waals surface area contributed by atoms with E-state index in [1.165, 1.54) is 45.2 Å². The van der Waals surface area contributed by atoms with E-state index in [9.17, 15) is 0 Å². The molecular weight excluding hydrogens is 266 g/mol. The fourth-order valence-corrected chi connectivity index (χ4v) is 5.08. The predicted molar refractivity (Wildman–Crippen MR) is 90.3 cm³/mol. The van der Waals surface area contributed by atoms with Gasteiger partial charge in [-0.2, -0.15) is 0 Å². The van der Waals surface area contributed by atoms with Crippen molar-refractivity contribution in [1.29, 1.82) is 0 Å². The summed E-state index contributed by atoms with van der Waals surface area (Å²) >= 11 is 0. The summed E-state index contributed by atoms with van der Waals surface area (Å²) in [6.45, 7) is 2.51. The largest absolute Gasteiger partial charge is 0.295 e. The van der Waals surface area contributed by atoms with E-state index < -0.39 is 0 Å². The van der Waals surface area contributed by atoms with Crippen molar-refractivity contribution in [3.05, 3.63) is 70.3 Å². The van der Waals surface area contributed by atoms with Crippen LogP contribution in [0.4, 0.5) is 0 Å². The van der Waals surface area contributed by atoms with Crippen molar-refractivity contribution in [2.45, 2.75) is 44.1 Å². The van der Waals surface area contributed by atoms with Crippen molar-refractivity contribution in [1.82, 2.24) is 4.90 Å². The molecule has 1 nitrogen and oxygen atoms in total. The van der Waals surface area contributed by atoms with E-state index in [1.807, 2.05) is 0 Å². The highest BCUT2D eigenvalue weighted by Gasteiger charge is 2.37. The number of piperidine rings is 1. The molecule has 22 heavy (non-hydrogen) atoms.